The first kappa shape index (κ1) is 25.0. The third-order valence-electron chi connectivity index (χ3n) is 7.15. The van der Waals surface area contributed by atoms with Crippen molar-refractivity contribution in [1.29, 1.82) is 0 Å². The van der Waals surface area contributed by atoms with Crippen molar-refractivity contribution in [2.75, 3.05) is 19.3 Å². The molecule has 1 aromatic rings. The van der Waals surface area contributed by atoms with Crippen LogP contribution in [0.25, 0.3) is 6.08 Å². The van der Waals surface area contributed by atoms with E-state index in [4.69, 9.17) is 11.6 Å². The number of likely N-dealkylation sites (N-methyl/N-ethyl adjacent to an activating group) is 1. The highest BCUT2D eigenvalue weighted by Crippen LogP contribution is 2.43. The molecule has 1 saturated heterocycles. The number of nitrogens with zero attached hydrogens (tertiary/aromatic N) is 1. The standard InChI is InChI=1S/C26H35ClN2O2S2/c1-29-22-16-19(25(30)28-14-7-15-32-20-9-3-2-4-10-20)12-13-23(22)33-24(26(29)31)17-18-8-5-6-11-21(18)27/h5-6,8,11,17,19-20,22-23H,2-4,7,9-10,12-16H2,1H3,(H,28,30)/b24-17-. The zero-order valence-corrected chi connectivity index (χ0v) is 21.8. The van der Waals surface area contributed by atoms with E-state index in [1.54, 1.807) is 11.8 Å². The summed E-state index contributed by atoms with van der Waals surface area (Å²) in [6.07, 6.45) is 12.4. The number of nitrogens with one attached hydrogen (secondary N) is 1. The lowest BCUT2D eigenvalue weighted by Gasteiger charge is -2.44. The van der Waals surface area contributed by atoms with Gasteiger partial charge >= 0.3 is 0 Å². The van der Waals surface area contributed by atoms with Gasteiger partial charge in [-0.05, 0) is 62.0 Å². The van der Waals surface area contributed by atoms with E-state index in [0.717, 1.165) is 53.7 Å². The van der Waals surface area contributed by atoms with Gasteiger partial charge in [-0.2, -0.15) is 11.8 Å². The van der Waals surface area contributed by atoms with E-state index in [1.165, 1.54) is 32.1 Å². The monoisotopic (exact) mass is 506 g/mol. The number of carbonyl (C=O) groups excluding carboxylic acids is 2. The number of hydrogen-bond donors (Lipinski definition) is 1. The molecule has 1 aromatic carbocycles. The highest BCUT2D eigenvalue weighted by molar-refractivity contribution is 8.04. The smallest absolute Gasteiger partial charge is 0.260 e. The number of halogens is 1. The first-order chi connectivity index (χ1) is 16.0. The van der Waals surface area contributed by atoms with Crippen molar-refractivity contribution in [3.63, 3.8) is 0 Å². The number of carbonyl (C=O) groups is 2. The van der Waals surface area contributed by atoms with Gasteiger partial charge in [0.15, 0.2) is 0 Å². The fraction of sp³-hybridized carbons (Fsp3) is 0.615. The molecule has 1 heterocycles. The predicted molar refractivity (Wildman–Crippen MR) is 142 cm³/mol. The summed E-state index contributed by atoms with van der Waals surface area (Å²) in [5, 5.41) is 4.99. The summed E-state index contributed by atoms with van der Waals surface area (Å²) in [6.45, 7) is 0.761. The van der Waals surface area contributed by atoms with E-state index < -0.39 is 0 Å². The van der Waals surface area contributed by atoms with Crippen LogP contribution >= 0.6 is 35.1 Å². The second-order valence-electron chi connectivity index (χ2n) is 9.46. The fourth-order valence-corrected chi connectivity index (χ4v) is 8.15. The average molecular weight is 507 g/mol. The summed E-state index contributed by atoms with van der Waals surface area (Å²) in [4.78, 5) is 28.4. The molecule has 3 atom stereocenters. The van der Waals surface area contributed by atoms with Crippen LogP contribution in [0.1, 0.15) is 63.4 Å². The van der Waals surface area contributed by atoms with Crippen LogP contribution in [-0.2, 0) is 9.59 Å². The summed E-state index contributed by atoms with van der Waals surface area (Å²) >= 11 is 10.0. The predicted octanol–water partition coefficient (Wildman–Crippen LogP) is 6.00. The number of amides is 2. The number of thioether (sulfide) groups is 2. The van der Waals surface area contributed by atoms with E-state index in [-0.39, 0.29) is 23.8 Å². The SMILES string of the molecule is CN1C(=O)/C(=C/c2ccccc2Cl)SC2CCC(C(=O)NCCCSC3CCCCC3)CC21. The lowest BCUT2D eigenvalue weighted by Crippen LogP contribution is -2.52. The van der Waals surface area contributed by atoms with Crippen LogP contribution in [0.4, 0.5) is 0 Å². The zero-order chi connectivity index (χ0) is 23.2. The Balaban J connectivity index is 1.25. The van der Waals surface area contributed by atoms with Crippen LogP contribution in [0.15, 0.2) is 29.2 Å². The second-order valence-corrected chi connectivity index (χ2v) is 12.6. The third kappa shape index (κ3) is 6.52. The molecule has 33 heavy (non-hydrogen) atoms. The van der Waals surface area contributed by atoms with Gasteiger partial charge in [-0.25, -0.2) is 0 Å². The molecule has 0 spiro atoms. The highest BCUT2D eigenvalue weighted by Gasteiger charge is 2.42. The molecule has 3 fully saturated rings. The topological polar surface area (TPSA) is 49.4 Å². The molecule has 4 nitrogen and oxygen atoms in total. The number of rotatable bonds is 7. The van der Waals surface area contributed by atoms with Gasteiger partial charge in [0, 0.05) is 41.1 Å². The summed E-state index contributed by atoms with van der Waals surface area (Å²) in [6, 6.07) is 7.71. The van der Waals surface area contributed by atoms with Crippen molar-refractivity contribution in [2.45, 2.75) is 74.3 Å². The molecular formula is C26H35ClN2O2S2. The summed E-state index contributed by atoms with van der Waals surface area (Å²) < 4.78 is 0. The number of benzene rings is 1. The fourth-order valence-electron chi connectivity index (χ4n) is 5.18. The highest BCUT2D eigenvalue weighted by atomic mass is 35.5. The third-order valence-corrected chi connectivity index (χ3v) is 10.4. The molecule has 2 saturated carbocycles. The molecule has 0 radical (unpaired) electrons. The van der Waals surface area contributed by atoms with Crippen molar-refractivity contribution < 1.29 is 9.59 Å². The molecule has 1 N–H and O–H groups in total. The van der Waals surface area contributed by atoms with Gasteiger partial charge in [0.2, 0.25) is 5.91 Å². The molecule has 3 unspecified atom stereocenters. The van der Waals surface area contributed by atoms with Crippen molar-refractivity contribution in [1.82, 2.24) is 10.2 Å². The maximum atomic E-state index is 13.0. The Bertz CT molecular complexity index is 872. The van der Waals surface area contributed by atoms with Gasteiger partial charge in [-0.3, -0.25) is 9.59 Å². The minimum atomic E-state index is 0.00203. The number of fused-ring (bicyclic) bond motifs is 1. The van der Waals surface area contributed by atoms with Crippen LogP contribution in [-0.4, -0.2) is 52.6 Å². The summed E-state index contributed by atoms with van der Waals surface area (Å²) in [7, 11) is 1.88. The summed E-state index contributed by atoms with van der Waals surface area (Å²) in [5.74, 6) is 1.33. The first-order valence-electron chi connectivity index (χ1n) is 12.3. The molecule has 4 rings (SSSR count). The lowest BCUT2D eigenvalue weighted by atomic mass is 9.83. The van der Waals surface area contributed by atoms with Crippen LogP contribution in [0.3, 0.4) is 0 Å². The van der Waals surface area contributed by atoms with Crippen LogP contribution < -0.4 is 5.32 Å². The lowest BCUT2D eigenvalue weighted by molar-refractivity contribution is -0.131. The van der Waals surface area contributed by atoms with Gasteiger partial charge < -0.3 is 10.2 Å². The quantitative estimate of drug-likeness (QED) is 0.364. The van der Waals surface area contributed by atoms with Gasteiger partial charge in [-0.1, -0.05) is 49.1 Å². The van der Waals surface area contributed by atoms with Crippen LogP contribution in [0, 0.1) is 5.92 Å². The molecule has 2 aliphatic carbocycles. The molecule has 7 heteroatoms. The van der Waals surface area contributed by atoms with Crippen LogP contribution in [0.5, 0.6) is 0 Å². The number of hydrogen-bond acceptors (Lipinski definition) is 4. The van der Waals surface area contributed by atoms with Gasteiger partial charge in [-0.15, -0.1) is 11.8 Å². The Morgan fingerprint density at radius 3 is 2.79 bits per heavy atom. The minimum Gasteiger partial charge on any atom is -0.356 e. The molecule has 0 bridgehead atoms. The van der Waals surface area contributed by atoms with E-state index in [0.29, 0.717) is 10.3 Å². The van der Waals surface area contributed by atoms with Crippen molar-refractivity contribution in [3.8, 4) is 0 Å². The first-order valence-corrected chi connectivity index (χ1v) is 14.6. The molecule has 0 aromatic heterocycles. The Morgan fingerprint density at radius 2 is 2.00 bits per heavy atom. The Labute approximate surface area is 211 Å². The summed E-state index contributed by atoms with van der Waals surface area (Å²) in [5.41, 5.74) is 0.872. The Morgan fingerprint density at radius 1 is 1.21 bits per heavy atom. The van der Waals surface area contributed by atoms with E-state index in [9.17, 15) is 9.59 Å². The second kappa shape index (κ2) is 12.0. The molecule has 180 valence electrons. The Hall–Kier alpha value is -1.11. The van der Waals surface area contributed by atoms with Gasteiger partial charge in [0.25, 0.3) is 5.91 Å². The Kier molecular flexibility index (Phi) is 9.11. The maximum absolute atomic E-state index is 13.0. The van der Waals surface area contributed by atoms with Crippen molar-refractivity contribution in [3.05, 3.63) is 39.8 Å². The molecule has 3 aliphatic rings. The minimum absolute atomic E-state index is 0.00203. The van der Waals surface area contributed by atoms with Crippen molar-refractivity contribution in [2.24, 2.45) is 5.92 Å². The van der Waals surface area contributed by atoms with Gasteiger partial charge in [0.1, 0.15) is 0 Å². The average Bonchev–Trinajstić information content (AvgIpc) is 2.84. The maximum Gasteiger partial charge on any atom is 0.260 e. The van der Waals surface area contributed by atoms with Gasteiger partial charge in [0.05, 0.1) is 4.91 Å². The van der Waals surface area contributed by atoms with E-state index in [2.05, 4.69) is 17.1 Å². The van der Waals surface area contributed by atoms with Crippen LogP contribution in [0.2, 0.25) is 5.02 Å². The molecule has 2 amide bonds. The largest absolute Gasteiger partial charge is 0.356 e. The molecule has 1 aliphatic heterocycles. The van der Waals surface area contributed by atoms with E-state index in [1.807, 2.05) is 42.3 Å². The zero-order valence-electron chi connectivity index (χ0n) is 19.4. The molecular weight excluding hydrogens is 472 g/mol. The van der Waals surface area contributed by atoms with E-state index >= 15 is 0 Å². The van der Waals surface area contributed by atoms with Crippen molar-refractivity contribution >= 4 is 53.0 Å². The normalized spacial score (nSPS) is 27.5.